The Labute approximate surface area is 741 Å². The number of carboxylic acid groups (broad SMARTS) is 2. The molecule has 716 valence electrons. The summed E-state index contributed by atoms with van der Waals surface area (Å²) < 4.78 is 34.0. The summed E-state index contributed by atoms with van der Waals surface area (Å²) in [5.41, 5.74) is -4.59. The van der Waals surface area contributed by atoms with Gasteiger partial charge in [0.05, 0.1) is 68.2 Å². The number of hydrogen-bond acceptors (Lipinski definition) is 20. The summed E-state index contributed by atoms with van der Waals surface area (Å²) in [4.78, 5) is 135. The quantitative estimate of drug-likeness (QED) is 0.0187. The summed E-state index contributed by atoms with van der Waals surface area (Å²) in [7, 11) is 7.37. The van der Waals surface area contributed by atoms with Crippen molar-refractivity contribution in [2.24, 2.45) is 39.4 Å². The van der Waals surface area contributed by atoms with Gasteiger partial charge in [-0.25, -0.2) is 0 Å². The van der Waals surface area contributed by atoms with E-state index in [4.69, 9.17) is 28.4 Å². The lowest BCUT2D eigenvalue weighted by Gasteiger charge is -2.42. The molecule has 0 saturated heterocycles. The monoisotopic (exact) mass is 1740 g/mol. The number of amides is 2. The summed E-state index contributed by atoms with van der Waals surface area (Å²) in [5, 5.41) is 49.1. The van der Waals surface area contributed by atoms with Gasteiger partial charge in [-0.05, 0) is 86.0 Å². The number of aliphatic hydroxyl groups excluding tert-OH is 2. The molecule has 0 fully saturated rings. The molecule has 6 unspecified atom stereocenters. The number of nitrogens with zero attached hydrogens (tertiary/aromatic N) is 2. The molecule has 0 radical (unpaired) electrons. The topological polar surface area (TPSA) is 338 Å². The second kappa shape index (κ2) is 74.6. The normalized spacial score (nSPS) is 14.2. The summed E-state index contributed by atoms with van der Waals surface area (Å²) in [6.07, 6.45) is 41.8. The van der Waals surface area contributed by atoms with Crippen LogP contribution in [0.4, 0.5) is 0 Å². The Morgan fingerprint density at radius 3 is 0.959 bits per heavy atom. The number of aliphatic carboxylic acids is 2. The van der Waals surface area contributed by atoms with Crippen LogP contribution in [-0.2, 0) is 76.4 Å². The standard InChI is InChI=1S/2C49H92N2O10/c1-9-13-17-21-23-26-32-48(45(56)57,31-25-19-15-11-3)37-40(49(46(58)59,33-27-20-16-12-4)34-28-24-22-18-14-10-2)38-60-41(52)29-35-50-44(55)43(54)47(5,6)39-61-42(53)30-36-51(7)8;1-9-13-17-21-23-27-30-40(29-25-19-15-11-3)47(56)59-38-42(61-48(57)41(31-26-20-16-12-4)32-28-24-22-18-14-10-2)37-58-43(52)33-35-50-46(55)45(54)49(5,6)39-60-44(53)34-36-51(7)8/h40,43,54H,9-39H2,1-8H3,(H,50,55)(H,56,57)(H,58,59);40-42,45,54H,9-39H2,1-8H3,(H,50,55)/t40?,43-,48?,49?;40?,41?,42?,45-/m00/s1. The molecule has 0 aromatic carbocycles. The highest BCUT2D eigenvalue weighted by Gasteiger charge is 2.51. The number of carboxylic acids is 2. The van der Waals surface area contributed by atoms with Gasteiger partial charge in [-0.15, -0.1) is 0 Å². The highest BCUT2D eigenvalue weighted by Crippen LogP contribution is 2.49. The molecule has 0 saturated carbocycles. The Hall–Kier alpha value is -5.46. The maximum atomic E-state index is 13.8. The molecule has 0 aromatic rings. The average Bonchev–Trinajstić information content (AvgIpc) is 0.779. The average molecular weight is 1740 g/mol. The van der Waals surface area contributed by atoms with Gasteiger partial charge in [0.15, 0.2) is 6.10 Å². The second-order valence-corrected chi connectivity index (χ2v) is 37.2. The van der Waals surface area contributed by atoms with Crippen molar-refractivity contribution in [3.05, 3.63) is 0 Å². The summed E-state index contributed by atoms with van der Waals surface area (Å²) in [5.74, 6) is -7.32. The molecular weight excluding hydrogens is 1550 g/mol. The van der Waals surface area contributed by atoms with Crippen LogP contribution in [0, 0.1) is 39.4 Å². The van der Waals surface area contributed by atoms with Gasteiger partial charge in [-0.1, -0.05) is 340 Å². The SMILES string of the molecule is CCCCCCCCC(CCCCCC)(CC(COC(=O)CCNC(=O)[C@H](O)C(C)(C)COC(=O)CCN(C)C)C(CCCCCC)(CCCCCCCC)C(=O)O)C(=O)O.CCCCCCCCC(CCCCCC)C(=O)OCC(COC(=O)CCNC(=O)[C@H](O)C(C)(C)COC(=O)CCN(C)C)OC(=O)C(CCCCCC)CCCCCCCC. The molecule has 0 aliphatic rings. The maximum absolute atomic E-state index is 13.8. The van der Waals surface area contributed by atoms with E-state index < -0.39 is 93.5 Å². The molecular formula is C98H184N4O20. The van der Waals surface area contributed by atoms with Gasteiger partial charge in [-0.3, -0.25) is 47.9 Å². The van der Waals surface area contributed by atoms with Crippen LogP contribution in [0.1, 0.15) is 423 Å². The number of carbonyl (C=O) groups excluding carboxylic acids is 8. The second-order valence-electron chi connectivity index (χ2n) is 37.2. The third-order valence-electron chi connectivity index (χ3n) is 24.1. The first-order valence-corrected chi connectivity index (χ1v) is 48.9. The zero-order chi connectivity index (χ0) is 91.9. The number of nitrogens with one attached hydrogen (secondary N) is 2. The minimum Gasteiger partial charge on any atom is -0.481 e. The minimum absolute atomic E-state index is 0.108. The van der Waals surface area contributed by atoms with Crippen LogP contribution in [0.5, 0.6) is 0 Å². The molecule has 0 aromatic heterocycles. The molecule has 0 bridgehead atoms. The summed E-state index contributed by atoms with van der Waals surface area (Å²) in [6.45, 7) is 23.5. The van der Waals surface area contributed by atoms with E-state index in [-0.39, 0.29) is 102 Å². The van der Waals surface area contributed by atoms with E-state index in [1.54, 1.807) is 27.7 Å². The lowest BCUT2D eigenvalue weighted by molar-refractivity contribution is -0.171. The molecule has 6 N–H and O–H groups in total. The van der Waals surface area contributed by atoms with Crippen molar-refractivity contribution in [1.82, 2.24) is 20.4 Å². The van der Waals surface area contributed by atoms with Gasteiger partial charge in [-0.2, -0.15) is 0 Å². The number of unbranched alkanes of at least 4 members (excludes halogenated alkanes) is 32. The zero-order valence-electron chi connectivity index (χ0n) is 80.5. The van der Waals surface area contributed by atoms with Gasteiger partial charge in [0, 0.05) is 42.9 Å². The van der Waals surface area contributed by atoms with E-state index >= 15 is 0 Å². The lowest BCUT2D eigenvalue weighted by Crippen LogP contribution is -2.47. The van der Waals surface area contributed by atoms with E-state index in [1.807, 2.05) is 38.0 Å². The van der Waals surface area contributed by atoms with Crippen LogP contribution < -0.4 is 10.6 Å². The Bertz CT molecular complexity index is 2710. The predicted molar refractivity (Wildman–Crippen MR) is 488 cm³/mol. The first-order valence-electron chi connectivity index (χ1n) is 48.9. The van der Waals surface area contributed by atoms with Crippen LogP contribution >= 0.6 is 0 Å². The number of aliphatic hydroxyl groups is 2. The van der Waals surface area contributed by atoms with Crippen molar-refractivity contribution in [2.75, 3.05) is 87.4 Å². The highest BCUT2D eigenvalue weighted by molar-refractivity contribution is 5.83. The first-order chi connectivity index (χ1) is 58.2. The van der Waals surface area contributed by atoms with Crippen LogP contribution in [0.3, 0.4) is 0 Å². The molecule has 8 atom stereocenters. The fourth-order valence-electron chi connectivity index (χ4n) is 15.5. The Kier molecular flexibility index (Phi) is 72.5. The van der Waals surface area contributed by atoms with E-state index in [2.05, 4.69) is 66.0 Å². The number of hydrogen-bond donors (Lipinski definition) is 6. The third-order valence-corrected chi connectivity index (χ3v) is 24.1. The maximum Gasteiger partial charge on any atom is 0.310 e. The Balaban J connectivity index is 0. The van der Waals surface area contributed by atoms with Crippen LogP contribution in [0.2, 0.25) is 0 Å². The van der Waals surface area contributed by atoms with E-state index in [9.17, 15) is 68.4 Å². The Morgan fingerprint density at radius 1 is 0.336 bits per heavy atom. The van der Waals surface area contributed by atoms with Gasteiger partial charge >= 0.3 is 47.8 Å². The van der Waals surface area contributed by atoms with Crippen molar-refractivity contribution < 1.29 is 96.8 Å². The van der Waals surface area contributed by atoms with E-state index in [0.29, 0.717) is 51.6 Å². The van der Waals surface area contributed by atoms with Gasteiger partial charge in [0.25, 0.3) is 0 Å². The fourth-order valence-corrected chi connectivity index (χ4v) is 15.5. The van der Waals surface area contributed by atoms with E-state index in [1.165, 1.54) is 38.5 Å². The number of rotatable bonds is 82. The molecule has 0 spiro atoms. The van der Waals surface area contributed by atoms with Crippen LogP contribution in [0.15, 0.2) is 0 Å². The molecule has 24 nitrogen and oxygen atoms in total. The number of esters is 6. The van der Waals surface area contributed by atoms with Crippen molar-refractivity contribution in [3.8, 4) is 0 Å². The van der Waals surface area contributed by atoms with Crippen LogP contribution in [-0.4, -0.2) is 196 Å². The zero-order valence-corrected chi connectivity index (χ0v) is 80.5. The molecule has 24 heteroatoms. The van der Waals surface area contributed by atoms with Crippen molar-refractivity contribution in [3.63, 3.8) is 0 Å². The molecule has 0 aliphatic heterocycles. The first kappa shape index (κ1) is 119. The van der Waals surface area contributed by atoms with Gasteiger partial charge in [0.2, 0.25) is 11.8 Å². The highest BCUT2D eigenvalue weighted by atomic mass is 16.6. The Morgan fingerprint density at radius 2 is 0.623 bits per heavy atom. The number of carbonyl (C=O) groups is 10. The van der Waals surface area contributed by atoms with E-state index in [0.717, 1.165) is 231 Å². The molecule has 0 aliphatic carbocycles. The van der Waals surface area contributed by atoms with Gasteiger partial charge < -0.3 is 69.3 Å². The third kappa shape index (κ3) is 58.7. The van der Waals surface area contributed by atoms with Crippen molar-refractivity contribution >= 4 is 59.6 Å². The molecule has 0 heterocycles. The number of ether oxygens (including phenoxy) is 6. The van der Waals surface area contributed by atoms with Gasteiger partial charge in [0.1, 0.15) is 25.4 Å². The predicted octanol–water partition coefficient (Wildman–Crippen LogP) is 20.6. The van der Waals surface area contributed by atoms with Crippen molar-refractivity contribution in [1.29, 1.82) is 0 Å². The molecule has 2 amide bonds. The minimum atomic E-state index is -1.52. The lowest BCUT2D eigenvalue weighted by atomic mass is 9.61. The largest absolute Gasteiger partial charge is 0.481 e. The van der Waals surface area contributed by atoms with Crippen LogP contribution in [0.25, 0.3) is 0 Å². The van der Waals surface area contributed by atoms with Crippen molar-refractivity contribution in [2.45, 2.75) is 442 Å². The summed E-state index contributed by atoms with van der Waals surface area (Å²) >= 11 is 0. The molecule has 0 rings (SSSR count). The fraction of sp³-hybridized carbons (Fsp3) is 0.898. The smallest absolute Gasteiger partial charge is 0.310 e. The summed E-state index contributed by atoms with van der Waals surface area (Å²) in [6, 6.07) is 0. The molecule has 122 heavy (non-hydrogen) atoms.